The highest BCUT2D eigenvalue weighted by Gasteiger charge is 2.28. The van der Waals surface area contributed by atoms with E-state index in [-0.39, 0.29) is 6.54 Å². The minimum atomic E-state index is -0.783. The van der Waals surface area contributed by atoms with E-state index in [1.165, 1.54) is 11.3 Å². The van der Waals surface area contributed by atoms with Crippen LogP contribution in [0.4, 0.5) is 0 Å². The highest BCUT2D eigenvalue weighted by Crippen LogP contribution is 2.26. The van der Waals surface area contributed by atoms with Gasteiger partial charge >= 0.3 is 11.8 Å². The molecule has 24 heavy (non-hydrogen) atoms. The maximum absolute atomic E-state index is 12.0. The summed E-state index contributed by atoms with van der Waals surface area (Å²) < 4.78 is 5.52. The van der Waals surface area contributed by atoms with Crippen LogP contribution in [-0.4, -0.2) is 25.5 Å². The van der Waals surface area contributed by atoms with Gasteiger partial charge in [0.25, 0.3) is 0 Å². The molecule has 1 heterocycles. The van der Waals surface area contributed by atoms with Crippen molar-refractivity contribution in [1.29, 1.82) is 0 Å². The second-order valence-corrected chi connectivity index (χ2v) is 6.86. The number of nitrogens with one attached hydrogen (secondary N) is 2. The van der Waals surface area contributed by atoms with Crippen LogP contribution in [0, 0.1) is 0 Å². The van der Waals surface area contributed by atoms with E-state index in [2.05, 4.69) is 10.6 Å². The Morgan fingerprint density at radius 1 is 1.21 bits per heavy atom. The first-order valence-electron chi connectivity index (χ1n) is 7.34. The maximum atomic E-state index is 12.0. The number of amides is 2. The number of halogens is 1. The molecule has 0 fully saturated rings. The summed E-state index contributed by atoms with van der Waals surface area (Å²) in [5, 5.41) is 7.68. The van der Waals surface area contributed by atoms with Crippen molar-refractivity contribution < 1.29 is 14.3 Å². The van der Waals surface area contributed by atoms with Gasteiger partial charge in [-0.2, -0.15) is 0 Å². The van der Waals surface area contributed by atoms with Crippen molar-refractivity contribution >= 4 is 34.8 Å². The van der Waals surface area contributed by atoms with E-state index in [9.17, 15) is 9.59 Å². The van der Waals surface area contributed by atoms with E-state index < -0.39 is 17.4 Å². The van der Waals surface area contributed by atoms with Crippen molar-refractivity contribution in [2.24, 2.45) is 0 Å². The molecule has 1 aromatic heterocycles. The standard InChI is InChI=1S/C17H19ClN2O3S/c1-17(23-2,12-5-3-6-13(18)9-12)11-20-16(22)15(21)19-10-14-7-4-8-24-14/h3-9H,10-11H2,1-2H3,(H,19,21)(H,20,22). The summed E-state index contributed by atoms with van der Waals surface area (Å²) in [6.07, 6.45) is 0. The number of hydrogen-bond acceptors (Lipinski definition) is 4. The molecule has 0 radical (unpaired) electrons. The summed E-state index contributed by atoms with van der Waals surface area (Å²) in [5.41, 5.74) is 0.0333. The van der Waals surface area contributed by atoms with Gasteiger partial charge in [-0.25, -0.2) is 0 Å². The van der Waals surface area contributed by atoms with Crippen molar-refractivity contribution in [1.82, 2.24) is 10.6 Å². The molecular formula is C17H19ClN2O3S. The Balaban J connectivity index is 1.92. The molecule has 2 amide bonds. The number of ether oxygens (including phenoxy) is 1. The number of benzene rings is 1. The van der Waals surface area contributed by atoms with Crippen LogP contribution in [-0.2, 0) is 26.5 Å². The SMILES string of the molecule is COC(C)(CNC(=O)C(=O)NCc1cccs1)c1cccc(Cl)c1. The zero-order valence-corrected chi connectivity index (χ0v) is 15.0. The van der Waals surface area contributed by atoms with Gasteiger partial charge in [-0.3, -0.25) is 9.59 Å². The van der Waals surface area contributed by atoms with Crippen LogP contribution in [0.25, 0.3) is 0 Å². The van der Waals surface area contributed by atoms with E-state index in [0.29, 0.717) is 11.6 Å². The summed E-state index contributed by atoms with van der Waals surface area (Å²) >= 11 is 7.52. The van der Waals surface area contributed by atoms with Crippen molar-refractivity contribution in [3.8, 4) is 0 Å². The van der Waals surface area contributed by atoms with Crippen molar-refractivity contribution in [3.05, 3.63) is 57.2 Å². The van der Waals surface area contributed by atoms with Crippen molar-refractivity contribution in [2.45, 2.75) is 19.1 Å². The molecule has 0 saturated heterocycles. The third-order valence-electron chi connectivity index (χ3n) is 3.68. The number of methoxy groups -OCH3 is 1. The van der Waals surface area contributed by atoms with Crippen LogP contribution < -0.4 is 10.6 Å². The molecule has 2 N–H and O–H groups in total. The first-order valence-corrected chi connectivity index (χ1v) is 8.60. The molecule has 2 rings (SSSR count). The highest BCUT2D eigenvalue weighted by atomic mass is 35.5. The Morgan fingerprint density at radius 3 is 2.58 bits per heavy atom. The quantitative estimate of drug-likeness (QED) is 0.772. The second kappa shape index (κ2) is 8.28. The van der Waals surface area contributed by atoms with Crippen LogP contribution in [0.1, 0.15) is 17.4 Å². The minimum absolute atomic E-state index is 0.148. The molecule has 1 aromatic carbocycles. The number of carbonyl (C=O) groups is 2. The van der Waals surface area contributed by atoms with Gasteiger partial charge in [0, 0.05) is 17.0 Å². The molecule has 7 heteroatoms. The fourth-order valence-electron chi connectivity index (χ4n) is 2.10. The third-order valence-corrected chi connectivity index (χ3v) is 4.79. The normalized spacial score (nSPS) is 13.1. The van der Waals surface area contributed by atoms with Gasteiger partial charge < -0.3 is 15.4 Å². The van der Waals surface area contributed by atoms with E-state index in [0.717, 1.165) is 10.4 Å². The summed E-state index contributed by atoms with van der Waals surface area (Å²) in [6, 6.07) is 11.0. The topological polar surface area (TPSA) is 67.4 Å². The average Bonchev–Trinajstić information content (AvgIpc) is 3.10. The van der Waals surface area contributed by atoms with Gasteiger partial charge in [-0.1, -0.05) is 29.8 Å². The molecule has 0 aliphatic heterocycles. The number of hydrogen-bond donors (Lipinski definition) is 2. The fourth-order valence-corrected chi connectivity index (χ4v) is 2.93. The van der Waals surface area contributed by atoms with Gasteiger partial charge in [0.1, 0.15) is 5.60 Å². The smallest absolute Gasteiger partial charge is 0.309 e. The Kier molecular flexibility index (Phi) is 6.36. The van der Waals surface area contributed by atoms with E-state index >= 15 is 0 Å². The van der Waals surface area contributed by atoms with Crippen LogP contribution in [0.15, 0.2) is 41.8 Å². The number of rotatable bonds is 6. The van der Waals surface area contributed by atoms with Gasteiger partial charge in [0.2, 0.25) is 0 Å². The van der Waals surface area contributed by atoms with Crippen LogP contribution in [0.5, 0.6) is 0 Å². The first kappa shape index (κ1) is 18.4. The molecule has 0 saturated carbocycles. The monoisotopic (exact) mass is 366 g/mol. The highest BCUT2D eigenvalue weighted by molar-refractivity contribution is 7.09. The van der Waals surface area contributed by atoms with E-state index in [1.54, 1.807) is 19.2 Å². The number of carbonyl (C=O) groups excluding carboxylic acids is 2. The van der Waals surface area contributed by atoms with Gasteiger partial charge in [0.15, 0.2) is 0 Å². The maximum Gasteiger partial charge on any atom is 0.309 e. The summed E-state index contributed by atoms with van der Waals surface area (Å²) in [6.45, 7) is 2.30. The summed E-state index contributed by atoms with van der Waals surface area (Å²) in [5.74, 6) is -1.37. The first-order chi connectivity index (χ1) is 11.4. The second-order valence-electron chi connectivity index (χ2n) is 5.39. The lowest BCUT2D eigenvalue weighted by molar-refractivity contribution is -0.140. The lowest BCUT2D eigenvalue weighted by atomic mass is 9.95. The molecule has 1 atom stereocenters. The molecule has 2 aromatic rings. The molecule has 0 aliphatic rings. The Bertz CT molecular complexity index is 706. The Labute approximate surface area is 150 Å². The molecule has 128 valence electrons. The van der Waals surface area contributed by atoms with Crippen molar-refractivity contribution in [3.63, 3.8) is 0 Å². The molecule has 0 spiro atoms. The zero-order valence-electron chi connectivity index (χ0n) is 13.5. The summed E-state index contributed by atoms with van der Waals surface area (Å²) in [7, 11) is 1.55. The molecule has 0 bridgehead atoms. The van der Waals surface area contributed by atoms with Gasteiger partial charge in [0.05, 0.1) is 13.1 Å². The molecule has 0 aliphatic carbocycles. The largest absolute Gasteiger partial charge is 0.372 e. The van der Waals surface area contributed by atoms with Crippen LogP contribution in [0.3, 0.4) is 0 Å². The minimum Gasteiger partial charge on any atom is -0.372 e. The third kappa shape index (κ3) is 4.80. The predicted octanol–water partition coefficient (Wildman–Crippen LogP) is 2.70. The van der Waals surface area contributed by atoms with Gasteiger partial charge in [-0.05, 0) is 36.1 Å². The fraction of sp³-hybridized carbons (Fsp3) is 0.294. The van der Waals surface area contributed by atoms with E-state index in [1.807, 2.05) is 36.6 Å². The summed E-state index contributed by atoms with van der Waals surface area (Å²) in [4.78, 5) is 24.8. The number of thiophene rings is 1. The lowest BCUT2D eigenvalue weighted by Gasteiger charge is -2.29. The van der Waals surface area contributed by atoms with Crippen LogP contribution >= 0.6 is 22.9 Å². The lowest BCUT2D eigenvalue weighted by Crippen LogP contribution is -2.45. The Morgan fingerprint density at radius 2 is 1.96 bits per heavy atom. The molecule has 5 nitrogen and oxygen atoms in total. The Hall–Kier alpha value is -1.89. The zero-order chi connectivity index (χ0) is 17.6. The average molecular weight is 367 g/mol. The van der Waals surface area contributed by atoms with Crippen molar-refractivity contribution in [2.75, 3.05) is 13.7 Å². The molecule has 1 unspecified atom stereocenters. The van der Waals surface area contributed by atoms with E-state index in [4.69, 9.17) is 16.3 Å². The molecular weight excluding hydrogens is 348 g/mol. The predicted molar refractivity (Wildman–Crippen MR) is 95.0 cm³/mol. The van der Waals surface area contributed by atoms with Crippen LogP contribution in [0.2, 0.25) is 5.02 Å². The van der Waals surface area contributed by atoms with Gasteiger partial charge in [-0.15, -0.1) is 11.3 Å².